The molecule has 0 aromatic heterocycles. The van der Waals surface area contributed by atoms with Gasteiger partial charge in [0.25, 0.3) is 5.91 Å². The molecule has 3 aromatic carbocycles. The highest BCUT2D eigenvalue weighted by molar-refractivity contribution is 6.03. The van der Waals surface area contributed by atoms with E-state index >= 15 is 0 Å². The maximum Gasteiger partial charge on any atom is 0.253 e. The molecule has 0 saturated carbocycles. The fourth-order valence-electron chi connectivity index (χ4n) is 3.28. The largest absolute Gasteiger partial charge is 0.355 e. The van der Waals surface area contributed by atoms with Gasteiger partial charge in [-0.1, -0.05) is 48.0 Å². The molecule has 0 radical (unpaired) electrons. The number of carbonyl (C=O) groups is 2. The molecule has 0 bridgehead atoms. The second-order valence-electron chi connectivity index (χ2n) is 7.04. The number of aryl methyl sites for hydroxylation is 3. The average Bonchev–Trinajstić information content (AvgIpc) is 2.70. The topological polar surface area (TPSA) is 70.2 Å². The first-order valence-corrected chi connectivity index (χ1v) is 9.51. The van der Waals surface area contributed by atoms with E-state index < -0.39 is 0 Å². The standard InChI is InChI=1S/C24H25N3O2/c1-16-13-17(2)23(18(3)14-16)27-22(28)15-25-24(29)20-11-7-8-12-21(20)26-19-9-5-4-6-10-19/h4-14,26H,15H2,1-3H3,(H,25,29)(H,27,28). The third-order valence-electron chi connectivity index (χ3n) is 4.58. The van der Waals surface area contributed by atoms with Crippen molar-refractivity contribution in [1.29, 1.82) is 0 Å². The Hall–Kier alpha value is -3.60. The quantitative estimate of drug-likeness (QED) is 0.573. The Balaban J connectivity index is 1.65. The molecule has 0 aliphatic rings. The monoisotopic (exact) mass is 387 g/mol. The van der Waals surface area contributed by atoms with Gasteiger partial charge in [0.05, 0.1) is 17.8 Å². The van der Waals surface area contributed by atoms with E-state index in [1.807, 2.05) is 75.4 Å². The Bertz CT molecular complexity index is 1010. The van der Waals surface area contributed by atoms with Gasteiger partial charge >= 0.3 is 0 Å². The Morgan fingerprint density at radius 1 is 0.828 bits per heavy atom. The zero-order chi connectivity index (χ0) is 20.8. The van der Waals surface area contributed by atoms with E-state index in [2.05, 4.69) is 16.0 Å². The molecule has 0 spiro atoms. The lowest BCUT2D eigenvalue weighted by Gasteiger charge is -2.14. The highest BCUT2D eigenvalue weighted by atomic mass is 16.2. The minimum atomic E-state index is -0.309. The van der Waals surface area contributed by atoms with Gasteiger partial charge in [-0.05, 0) is 56.2 Å². The Morgan fingerprint density at radius 3 is 2.14 bits per heavy atom. The first-order valence-electron chi connectivity index (χ1n) is 9.51. The summed E-state index contributed by atoms with van der Waals surface area (Å²) in [4.78, 5) is 25.0. The molecule has 0 fully saturated rings. The summed E-state index contributed by atoms with van der Waals surface area (Å²) in [5, 5.41) is 8.84. The van der Waals surface area contributed by atoms with Crippen LogP contribution < -0.4 is 16.0 Å². The van der Waals surface area contributed by atoms with Crippen LogP contribution in [0.25, 0.3) is 0 Å². The second kappa shape index (κ2) is 9.06. The number of benzene rings is 3. The molecule has 29 heavy (non-hydrogen) atoms. The van der Waals surface area contributed by atoms with Gasteiger partial charge in [0, 0.05) is 11.4 Å². The van der Waals surface area contributed by atoms with Crippen LogP contribution in [0.3, 0.4) is 0 Å². The maximum atomic E-state index is 12.7. The van der Waals surface area contributed by atoms with Crippen LogP contribution >= 0.6 is 0 Å². The fraction of sp³-hybridized carbons (Fsp3) is 0.167. The molecule has 0 saturated heterocycles. The van der Waals surface area contributed by atoms with Crippen LogP contribution in [0.5, 0.6) is 0 Å². The lowest BCUT2D eigenvalue weighted by atomic mass is 10.1. The Morgan fingerprint density at radius 2 is 1.45 bits per heavy atom. The van der Waals surface area contributed by atoms with Crippen molar-refractivity contribution < 1.29 is 9.59 Å². The summed E-state index contributed by atoms with van der Waals surface area (Å²) in [5.41, 5.74) is 5.98. The Labute approximate surface area is 171 Å². The number of hydrogen-bond donors (Lipinski definition) is 3. The van der Waals surface area contributed by atoms with Crippen LogP contribution in [-0.2, 0) is 4.79 Å². The molecule has 148 valence electrons. The zero-order valence-corrected chi connectivity index (χ0v) is 16.9. The highest BCUT2D eigenvalue weighted by Crippen LogP contribution is 2.22. The van der Waals surface area contributed by atoms with E-state index in [-0.39, 0.29) is 18.4 Å². The average molecular weight is 387 g/mol. The Kier molecular flexibility index (Phi) is 6.29. The predicted molar refractivity (Wildman–Crippen MR) is 118 cm³/mol. The SMILES string of the molecule is Cc1cc(C)c(NC(=O)CNC(=O)c2ccccc2Nc2ccccc2)c(C)c1. The van der Waals surface area contributed by atoms with Gasteiger partial charge in [0.2, 0.25) is 5.91 Å². The van der Waals surface area contributed by atoms with Crippen LogP contribution in [0, 0.1) is 20.8 Å². The minimum absolute atomic E-state index is 0.106. The van der Waals surface area contributed by atoms with Crippen LogP contribution in [0.1, 0.15) is 27.0 Å². The van der Waals surface area contributed by atoms with Gasteiger partial charge in [-0.3, -0.25) is 9.59 Å². The van der Waals surface area contributed by atoms with Crippen molar-refractivity contribution in [2.24, 2.45) is 0 Å². The van der Waals surface area contributed by atoms with Gasteiger partial charge in [-0.15, -0.1) is 0 Å². The van der Waals surface area contributed by atoms with Crippen LogP contribution in [-0.4, -0.2) is 18.4 Å². The molecule has 3 N–H and O–H groups in total. The molecule has 0 aliphatic carbocycles. The zero-order valence-electron chi connectivity index (χ0n) is 16.9. The molecule has 0 atom stereocenters. The summed E-state index contributed by atoms with van der Waals surface area (Å²) in [5.74, 6) is -0.571. The van der Waals surface area contributed by atoms with Crippen LogP contribution in [0.4, 0.5) is 17.1 Å². The summed E-state index contributed by atoms with van der Waals surface area (Å²) in [6.45, 7) is 5.83. The van der Waals surface area contributed by atoms with Gasteiger partial charge in [0.15, 0.2) is 0 Å². The van der Waals surface area contributed by atoms with Crippen molar-refractivity contribution in [2.75, 3.05) is 17.2 Å². The van der Waals surface area contributed by atoms with E-state index in [1.165, 1.54) is 0 Å². The molecule has 5 nitrogen and oxygen atoms in total. The summed E-state index contributed by atoms with van der Waals surface area (Å²) >= 11 is 0. The molecule has 0 aliphatic heterocycles. The van der Waals surface area contributed by atoms with E-state index in [0.717, 1.165) is 28.1 Å². The summed E-state index contributed by atoms with van der Waals surface area (Å²) < 4.78 is 0. The van der Waals surface area contributed by atoms with Crippen molar-refractivity contribution in [3.05, 3.63) is 89.0 Å². The van der Waals surface area contributed by atoms with Crippen molar-refractivity contribution in [2.45, 2.75) is 20.8 Å². The first-order chi connectivity index (χ1) is 13.9. The van der Waals surface area contributed by atoms with E-state index in [9.17, 15) is 9.59 Å². The van der Waals surface area contributed by atoms with Crippen molar-refractivity contribution in [3.63, 3.8) is 0 Å². The lowest BCUT2D eigenvalue weighted by molar-refractivity contribution is -0.115. The maximum absolute atomic E-state index is 12.7. The lowest BCUT2D eigenvalue weighted by Crippen LogP contribution is -2.33. The van der Waals surface area contributed by atoms with Gasteiger partial charge in [-0.2, -0.15) is 0 Å². The summed E-state index contributed by atoms with van der Waals surface area (Å²) in [6.07, 6.45) is 0. The number of amides is 2. The molecule has 3 aromatic rings. The molecule has 0 heterocycles. The first kappa shape index (κ1) is 20.1. The fourth-order valence-corrected chi connectivity index (χ4v) is 3.28. The van der Waals surface area contributed by atoms with Gasteiger partial charge in [0.1, 0.15) is 0 Å². The third kappa shape index (κ3) is 5.23. The van der Waals surface area contributed by atoms with Crippen LogP contribution in [0.2, 0.25) is 0 Å². The van der Waals surface area contributed by atoms with E-state index in [0.29, 0.717) is 11.3 Å². The number of carbonyl (C=O) groups excluding carboxylic acids is 2. The van der Waals surface area contributed by atoms with Crippen molar-refractivity contribution in [3.8, 4) is 0 Å². The molecule has 5 heteroatoms. The van der Waals surface area contributed by atoms with E-state index in [1.54, 1.807) is 12.1 Å². The third-order valence-corrected chi connectivity index (χ3v) is 4.58. The normalized spacial score (nSPS) is 10.3. The molecule has 2 amide bonds. The summed E-state index contributed by atoms with van der Waals surface area (Å²) in [7, 11) is 0. The predicted octanol–water partition coefficient (Wildman–Crippen LogP) is 4.72. The molecule has 3 rings (SSSR count). The molecular weight excluding hydrogens is 362 g/mol. The highest BCUT2D eigenvalue weighted by Gasteiger charge is 2.14. The van der Waals surface area contributed by atoms with Crippen LogP contribution in [0.15, 0.2) is 66.7 Å². The number of rotatable bonds is 6. The molecular formula is C24H25N3O2. The number of hydrogen-bond acceptors (Lipinski definition) is 3. The smallest absolute Gasteiger partial charge is 0.253 e. The number of anilines is 3. The summed E-state index contributed by atoms with van der Waals surface area (Å²) in [6, 6.07) is 20.9. The van der Waals surface area contributed by atoms with Gasteiger partial charge < -0.3 is 16.0 Å². The van der Waals surface area contributed by atoms with Crippen molar-refractivity contribution in [1.82, 2.24) is 5.32 Å². The van der Waals surface area contributed by atoms with Crippen molar-refractivity contribution >= 4 is 28.9 Å². The van der Waals surface area contributed by atoms with Gasteiger partial charge in [-0.25, -0.2) is 0 Å². The molecule has 0 unspecified atom stereocenters. The van der Waals surface area contributed by atoms with E-state index in [4.69, 9.17) is 0 Å². The second-order valence-corrected chi connectivity index (χ2v) is 7.04. The number of para-hydroxylation sites is 2. The minimum Gasteiger partial charge on any atom is -0.355 e. The number of nitrogens with one attached hydrogen (secondary N) is 3.